The van der Waals surface area contributed by atoms with Gasteiger partial charge in [-0.25, -0.2) is 8.42 Å². The van der Waals surface area contributed by atoms with Crippen LogP contribution in [0.3, 0.4) is 0 Å². The fraction of sp³-hybridized carbons (Fsp3) is 0.455. The SMILES string of the molecule is Cc1cccc(CS(=O)(=O)N2CCN(C3CC3)CC2Cc2ccccc2)c1. The highest BCUT2D eigenvalue weighted by molar-refractivity contribution is 7.88. The lowest BCUT2D eigenvalue weighted by atomic mass is 10.0. The van der Waals surface area contributed by atoms with Crippen LogP contribution in [-0.2, 0) is 22.2 Å². The average molecular weight is 385 g/mol. The van der Waals surface area contributed by atoms with E-state index in [2.05, 4.69) is 17.0 Å². The average Bonchev–Trinajstić information content (AvgIpc) is 3.47. The minimum absolute atomic E-state index is 0.0107. The van der Waals surface area contributed by atoms with Crippen LogP contribution in [0.4, 0.5) is 0 Å². The number of rotatable bonds is 6. The molecule has 2 aromatic carbocycles. The summed E-state index contributed by atoms with van der Waals surface area (Å²) in [7, 11) is -3.34. The highest BCUT2D eigenvalue weighted by Crippen LogP contribution is 2.31. The molecule has 2 aliphatic rings. The molecule has 0 bridgehead atoms. The van der Waals surface area contributed by atoms with Crippen molar-refractivity contribution in [1.82, 2.24) is 9.21 Å². The second kappa shape index (κ2) is 7.74. The zero-order valence-electron chi connectivity index (χ0n) is 15.9. The second-order valence-electron chi connectivity index (χ2n) is 7.93. The minimum atomic E-state index is -3.34. The smallest absolute Gasteiger partial charge is 0.218 e. The molecule has 4 rings (SSSR count). The maximum atomic E-state index is 13.3. The summed E-state index contributed by atoms with van der Waals surface area (Å²) in [5.74, 6) is 0.0867. The van der Waals surface area contributed by atoms with E-state index in [-0.39, 0.29) is 11.8 Å². The van der Waals surface area contributed by atoms with Crippen LogP contribution in [0.1, 0.15) is 29.5 Å². The van der Waals surface area contributed by atoms with Crippen molar-refractivity contribution in [3.63, 3.8) is 0 Å². The minimum Gasteiger partial charge on any atom is -0.297 e. The molecule has 2 fully saturated rings. The quantitative estimate of drug-likeness (QED) is 0.768. The summed E-state index contributed by atoms with van der Waals surface area (Å²) in [5.41, 5.74) is 3.18. The van der Waals surface area contributed by atoms with Gasteiger partial charge >= 0.3 is 0 Å². The lowest BCUT2D eigenvalue weighted by molar-refractivity contribution is 0.128. The summed E-state index contributed by atoms with van der Waals surface area (Å²) in [6.07, 6.45) is 3.29. The molecule has 1 aliphatic heterocycles. The molecule has 0 radical (unpaired) electrons. The standard InChI is InChI=1S/C22H28N2O2S/c1-18-6-5-9-20(14-18)17-27(25,26)24-13-12-23(21-10-11-21)16-22(24)15-19-7-3-2-4-8-19/h2-9,14,21-22H,10-13,15-17H2,1H3. The van der Waals surface area contributed by atoms with E-state index in [1.807, 2.05) is 49.4 Å². The van der Waals surface area contributed by atoms with Crippen LogP contribution >= 0.6 is 0 Å². The largest absolute Gasteiger partial charge is 0.297 e. The molecule has 0 amide bonds. The maximum absolute atomic E-state index is 13.3. The van der Waals surface area contributed by atoms with Crippen molar-refractivity contribution < 1.29 is 8.42 Å². The Morgan fingerprint density at radius 1 is 0.963 bits per heavy atom. The van der Waals surface area contributed by atoms with Gasteiger partial charge in [0, 0.05) is 31.7 Å². The van der Waals surface area contributed by atoms with Crippen LogP contribution in [0.25, 0.3) is 0 Å². The molecule has 1 heterocycles. The molecule has 144 valence electrons. The Labute approximate surface area is 162 Å². The molecule has 1 atom stereocenters. The zero-order valence-corrected chi connectivity index (χ0v) is 16.7. The Balaban J connectivity index is 1.55. The monoisotopic (exact) mass is 384 g/mol. The first-order valence-electron chi connectivity index (χ1n) is 9.84. The first kappa shape index (κ1) is 18.7. The zero-order chi connectivity index (χ0) is 18.9. The van der Waals surface area contributed by atoms with Gasteiger partial charge in [0.2, 0.25) is 10.0 Å². The molecule has 0 spiro atoms. The second-order valence-corrected chi connectivity index (χ2v) is 9.85. The van der Waals surface area contributed by atoms with Crippen LogP contribution in [-0.4, -0.2) is 49.3 Å². The van der Waals surface area contributed by atoms with Gasteiger partial charge in [0.25, 0.3) is 0 Å². The van der Waals surface area contributed by atoms with E-state index in [1.165, 1.54) is 18.4 Å². The van der Waals surface area contributed by atoms with Crippen LogP contribution < -0.4 is 0 Å². The lowest BCUT2D eigenvalue weighted by Gasteiger charge is -2.41. The van der Waals surface area contributed by atoms with Gasteiger partial charge in [0.05, 0.1) is 5.75 Å². The Hall–Kier alpha value is -1.69. The van der Waals surface area contributed by atoms with Gasteiger partial charge in [-0.15, -0.1) is 0 Å². The normalized spacial score (nSPS) is 22.0. The molecule has 0 aromatic heterocycles. The number of hydrogen-bond donors (Lipinski definition) is 0. The molecule has 2 aromatic rings. The number of benzene rings is 2. The van der Waals surface area contributed by atoms with Gasteiger partial charge in [-0.3, -0.25) is 4.90 Å². The number of nitrogens with zero attached hydrogens (tertiary/aromatic N) is 2. The van der Waals surface area contributed by atoms with Gasteiger partial charge < -0.3 is 0 Å². The summed E-state index contributed by atoms with van der Waals surface area (Å²) in [6, 6.07) is 18.8. The van der Waals surface area contributed by atoms with Crippen molar-refractivity contribution >= 4 is 10.0 Å². The summed E-state index contributed by atoms with van der Waals surface area (Å²) in [6.45, 7) is 4.29. The third kappa shape index (κ3) is 4.60. The fourth-order valence-corrected chi connectivity index (χ4v) is 5.87. The Kier molecular flexibility index (Phi) is 5.35. The molecule has 0 N–H and O–H groups in total. The molecule has 1 saturated carbocycles. The van der Waals surface area contributed by atoms with Crippen molar-refractivity contribution in [2.24, 2.45) is 0 Å². The van der Waals surface area contributed by atoms with E-state index in [0.717, 1.165) is 30.6 Å². The van der Waals surface area contributed by atoms with E-state index in [1.54, 1.807) is 4.31 Å². The van der Waals surface area contributed by atoms with Crippen LogP contribution in [0.2, 0.25) is 0 Å². The molecule has 1 saturated heterocycles. The summed E-state index contributed by atoms with van der Waals surface area (Å²) >= 11 is 0. The maximum Gasteiger partial charge on any atom is 0.218 e. The van der Waals surface area contributed by atoms with Gasteiger partial charge in [-0.05, 0) is 37.3 Å². The molecule has 1 unspecified atom stereocenters. The predicted molar refractivity (Wildman–Crippen MR) is 109 cm³/mol. The third-order valence-electron chi connectivity index (χ3n) is 5.63. The van der Waals surface area contributed by atoms with Crippen LogP contribution in [0.15, 0.2) is 54.6 Å². The van der Waals surface area contributed by atoms with Crippen molar-refractivity contribution in [3.05, 3.63) is 71.3 Å². The van der Waals surface area contributed by atoms with E-state index in [9.17, 15) is 8.42 Å². The number of hydrogen-bond acceptors (Lipinski definition) is 3. The summed E-state index contributed by atoms with van der Waals surface area (Å²) in [5, 5.41) is 0. The van der Waals surface area contributed by atoms with Crippen molar-refractivity contribution in [2.45, 2.75) is 44.0 Å². The Morgan fingerprint density at radius 3 is 2.41 bits per heavy atom. The third-order valence-corrected chi connectivity index (χ3v) is 7.52. The van der Waals surface area contributed by atoms with Gasteiger partial charge in [0.1, 0.15) is 0 Å². The summed E-state index contributed by atoms with van der Waals surface area (Å²) < 4.78 is 28.3. The molecule has 4 nitrogen and oxygen atoms in total. The van der Waals surface area contributed by atoms with Crippen molar-refractivity contribution in [3.8, 4) is 0 Å². The predicted octanol–water partition coefficient (Wildman–Crippen LogP) is 3.22. The molecular formula is C22H28N2O2S. The van der Waals surface area contributed by atoms with Gasteiger partial charge in [-0.1, -0.05) is 60.2 Å². The lowest BCUT2D eigenvalue weighted by Crippen LogP contribution is -2.56. The summed E-state index contributed by atoms with van der Waals surface area (Å²) in [4.78, 5) is 2.49. The van der Waals surface area contributed by atoms with Gasteiger partial charge in [-0.2, -0.15) is 4.31 Å². The van der Waals surface area contributed by atoms with E-state index in [0.29, 0.717) is 12.6 Å². The van der Waals surface area contributed by atoms with Crippen molar-refractivity contribution in [1.29, 1.82) is 0 Å². The molecule has 1 aliphatic carbocycles. The molecule has 27 heavy (non-hydrogen) atoms. The molecular weight excluding hydrogens is 356 g/mol. The van der Waals surface area contributed by atoms with Crippen LogP contribution in [0, 0.1) is 6.92 Å². The Bertz CT molecular complexity index is 878. The van der Waals surface area contributed by atoms with E-state index in [4.69, 9.17) is 0 Å². The first-order valence-corrected chi connectivity index (χ1v) is 11.5. The fourth-order valence-electron chi connectivity index (χ4n) is 4.15. The topological polar surface area (TPSA) is 40.6 Å². The highest BCUT2D eigenvalue weighted by Gasteiger charge is 2.39. The highest BCUT2D eigenvalue weighted by atomic mass is 32.2. The first-order chi connectivity index (χ1) is 13.0. The number of aryl methyl sites for hydroxylation is 1. The van der Waals surface area contributed by atoms with Gasteiger partial charge in [0.15, 0.2) is 0 Å². The number of piperazine rings is 1. The van der Waals surface area contributed by atoms with Crippen molar-refractivity contribution in [2.75, 3.05) is 19.6 Å². The molecule has 5 heteroatoms. The number of sulfonamides is 1. The van der Waals surface area contributed by atoms with E-state index >= 15 is 0 Å². The van der Waals surface area contributed by atoms with E-state index < -0.39 is 10.0 Å². The van der Waals surface area contributed by atoms with Crippen LogP contribution in [0.5, 0.6) is 0 Å². The Morgan fingerprint density at radius 2 is 1.70 bits per heavy atom.